The SMILES string of the molecule is COc1ccc(NS(=O)(=O)c2cc([N+](=O)[O-])ccc2C)cc1S(=O)(=O)N1CCOCC1. The third-order valence-electron chi connectivity index (χ3n) is 4.68. The number of nitrogens with one attached hydrogen (secondary N) is 1. The highest BCUT2D eigenvalue weighted by Crippen LogP contribution is 2.31. The quantitative estimate of drug-likeness (QED) is 0.475. The van der Waals surface area contributed by atoms with Crippen LogP contribution < -0.4 is 9.46 Å². The van der Waals surface area contributed by atoms with Crippen molar-refractivity contribution in [3.8, 4) is 5.75 Å². The van der Waals surface area contributed by atoms with Crippen molar-refractivity contribution in [2.24, 2.45) is 0 Å². The van der Waals surface area contributed by atoms with Crippen molar-refractivity contribution in [2.75, 3.05) is 38.1 Å². The summed E-state index contributed by atoms with van der Waals surface area (Å²) in [6.45, 7) is 2.32. The summed E-state index contributed by atoms with van der Waals surface area (Å²) in [6, 6.07) is 7.33. The monoisotopic (exact) mass is 471 g/mol. The van der Waals surface area contributed by atoms with E-state index >= 15 is 0 Å². The molecule has 2 aromatic carbocycles. The molecule has 3 rings (SSSR count). The van der Waals surface area contributed by atoms with Crippen LogP contribution in [-0.2, 0) is 24.8 Å². The van der Waals surface area contributed by atoms with Crippen LogP contribution in [0.2, 0.25) is 0 Å². The van der Waals surface area contributed by atoms with E-state index < -0.39 is 25.0 Å². The Labute approximate surface area is 179 Å². The van der Waals surface area contributed by atoms with Gasteiger partial charge in [0.25, 0.3) is 15.7 Å². The van der Waals surface area contributed by atoms with E-state index in [1.165, 1.54) is 42.6 Å². The van der Waals surface area contributed by atoms with Gasteiger partial charge < -0.3 is 9.47 Å². The molecule has 1 fully saturated rings. The molecule has 0 radical (unpaired) electrons. The van der Waals surface area contributed by atoms with Crippen LogP contribution in [0.5, 0.6) is 5.75 Å². The maximum absolute atomic E-state index is 13.1. The Morgan fingerprint density at radius 2 is 1.74 bits per heavy atom. The molecule has 1 heterocycles. The second-order valence-electron chi connectivity index (χ2n) is 6.69. The minimum Gasteiger partial charge on any atom is -0.495 e. The average Bonchev–Trinajstić information content (AvgIpc) is 2.74. The van der Waals surface area contributed by atoms with Gasteiger partial charge in [0.15, 0.2) is 0 Å². The first-order chi connectivity index (χ1) is 14.6. The number of sulfonamides is 2. The van der Waals surface area contributed by atoms with Crippen LogP contribution in [0.25, 0.3) is 0 Å². The second-order valence-corrected chi connectivity index (χ2v) is 10.3. The lowest BCUT2D eigenvalue weighted by Gasteiger charge is -2.26. The van der Waals surface area contributed by atoms with Gasteiger partial charge in [-0.15, -0.1) is 0 Å². The largest absolute Gasteiger partial charge is 0.495 e. The van der Waals surface area contributed by atoms with Gasteiger partial charge >= 0.3 is 0 Å². The van der Waals surface area contributed by atoms with Crippen molar-refractivity contribution in [3.63, 3.8) is 0 Å². The Morgan fingerprint density at radius 3 is 2.35 bits per heavy atom. The molecule has 1 N–H and O–H groups in total. The van der Waals surface area contributed by atoms with Crippen molar-refractivity contribution < 1.29 is 31.2 Å². The fourth-order valence-electron chi connectivity index (χ4n) is 3.07. The predicted octanol–water partition coefficient (Wildman–Crippen LogP) is 1.73. The highest BCUT2D eigenvalue weighted by molar-refractivity contribution is 7.92. The molecule has 2 aromatic rings. The van der Waals surface area contributed by atoms with E-state index in [9.17, 15) is 26.9 Å². The van der Waals surface area contributed by atoms with E-state index in [0.717, 1.165) is 12.1 Å². The number of nitro benzene ring substituents is 1. The fourth-order valence-corrected chi connectivity index (χ4v) is 5.97. The van der Waals surface area contributed by atoms with Gasteiger partial charge in [0.2, 0.25) is 10.0 Å². The summed E-state index contributed by atoms with van der Waals surface area (Å²) >= 11 is 0. The predicted molar refractivity (Wildman–Crippen MR) is 111 cm³/mol. The first kappa shape index (κ1) is 22.9. The van der Waals surface area contributed by atoms with Crippen LogP contribution in [0.15, 0.2) is 46.2 Å². The Kier molecular flexibility index (Phi) is 6.50. The van der Waals surface area contributed by atoms with Gasteiger partial charge in [0.05, 0.1) is 35.8 Å². The summed E-state index contributed by atoms with van der Waals surface area (Å²) in [7, 11) is -6.89. The van der Waals surface area contributed by atoms with Gasteiger partial charge in [-0.3, -0.25) is 14.8 Å². The number of hydrogen-bond donors (Lipinski definition) is 1. The topological polar surface area (TPSA) is 145 Å². The molecule has 0 saturated carbocycles. The molecule has 168 valence electrons. The van der Waals surface area contributed by atoms with Gasteiger partial charge in [-0.05, 0) is 30.7 Å². The lowest BCUT2D eigenvalue weighted by Crippen LogP contribution is -2.40. The van der Waals surface area contributed by atoms with Crippen LogP contribution >= 0.6 is 0 Å². The van der Waals surface area contributed by atoms with Crippen LogP contribution in [0, 0.1) is 17.0 Å². The standard InChI is InChI=1S/C18H21N3O8S2/c1-13-3-5-15(21(22)23)12-17(13)30(24,25)19-14-4-6-16(28-2)18(11-14)31(26,27)20-7-9-29-10-8-20/h3-6,11-12,19H,7-10H2,1-2H3. The first-order valence-electron chi connectivity index (χ1n) is 9.10. The fraction of sp³-hybridized carbons (Fsp3) is 0.333. The first-order valence-corrected chi connectivity index (χ1v) is 12.0. The minimum atomic E-state index is -4.23. The number of rotatable bonds is 7. The number of methoxy groups -OCH3 is 1. The number of nitrogens with zero attached hydrogens (tertiary/aromatic N) is 2. The average molecular weight is 472 g/mol. The number of morpholine rings is 1. The van der Waals surface area contributed by atoms with Gasteiger partial charge in [0, 0.05) is 25.2 Å². The van der Waals surface area contributed by atoms with Gasteiger partial charge in [-0.2, -0.15) is 4.31 Å². The number of ether oxygens (including phenoxy) is 2. The van der Waals surface area contributed by atoms with E-state index in [2.05, 4.69) is 4.72 Å². The summed E-state index contributed by atoms with van der Waals surface area (Å²) in [5.74, 6) is 0.0565. The summed E-state index contributed by atoms with van der Waals surface area (Å²) in [6.07, 6.45) is 0. The number of nitro groups is 1. The summed E-state index contributed by atoms with van der Waals surface area (Å²) < 4.78 is 65.8. The van der Waals surface area contributed by atoms with Gasteiger partial charge in [-0.25, -0.2) is 16.8 Å². The number of anilines is 1. The Balaban J connectivity index is 2.00. The van der Waals surface area contributed by atoms with Crippen molar-refractivity contribution in [3.05, 3.63) is 52.1 Å². The van der Waals surface area contributed by atoms with E-state index in [4.69, 9.17) is 9.47 Å². The molecule has 0 amide bonds. The maximum atomic E-state index is 13.1. The third-order valence-corrected chi connectivity index (χ3v) is 8.12. The highest BCUT2D eigenvalue weighted by atomic mass is 32.2. The Morgan fingerprint density at radius 1 is 1.06 bits per heavy atom. The van der Waals surface area contributed by atoms with Crippen molar-refractivity contribution in [1.29, 1.82) is 0 Å². The minimum absolute atomic E-state index is 0.0291. The number of aryl methyl sites for hydroxylation is 1. The van der Waals surface area contributed by atoms with Crippen LogP contribution in [0.4, 0.5) is 11.4 Å². The molecule has 31 heavy (non-hydrogen) atoms. The van der Waals surface area contributed by atoms with Crippen LogP contribution in [0.3, 0.4) is 0 Å². The van der Waals surface area contributed by atoms with Crippen molar-refractivity contribution in [1.82, 2.24) is 4.31 Å². The summed E-state index contributed by atoms with van der Waals surface area (Å²) in [4.78, 5) is 9.84. The molecular weight excluding hydrogens is 450 g/mol. The van der Waals surface area contributed by atoms with E-state index in [1.54, 1.807) is 0 Å². The molecule has 1 saturated heterocycles. The summed E-state index contributed by atoms with van der Waals surface area (Å²) in [5, 5.41) is 11.0. The Bertz CT molecular complexity index is 1210. The number of benzene rings is 2. The molecular formula is C18H21N3O8S2. The molecule has 1 aliphatic rings. The van der Waals surface area contributed by atoms with Gasteiger partial charge in [-0.1, -0.05) is 6.07 Å². The zero-order valence-electron chi connectivity index (χ0n) is 16.8. The van der Waals surface area contributed by atoms with E-state index in [-0.39, 0.29) is 53.2 Å². The van der Waals surface area contributed by atoms with E-state index in [1.807, 2.05) is 0 Å². The maximum Gasteiger partial charge on any atom is 0.270 e. The normalized spacial score (nSPS) is 15.4. The molecule has 0 atom stereocenters. The molecule has 11 nitrogen and oxygen atoms in total. The Hall–Kier alpha value is -2.74. The number of non-ortho nitro benzene ring substituents is 1. The van der Waals surface area contributed by atoms with Crippen LogP contribution in [-0.4, -0.2) is 59.5 Å². The van der Waals surface area contributed by atoms with Crippen molar-refractivity contribution >= 4 is 31.4 Å². The zero-order chi connectivity index (χ0) is 22.8. The van der Waals surface area contributed by atoms with Crippen LogP contribution in [0.1, 0.15) is 5.56 Å². The summed E-state index contributed by atoms with van der Waals surface area (Å²) in [5.41, 5.74) is -0.109. The molecule has 0 aromatic heterocycles. The smallest absolute Gasteiger partial charge is 0.270 e. The third kappa shape index (κ3) is 4.79. The highest BCUT2D eigenvalue weighted by Gasteiger charge is 2.30. The molecule has 0 aliphatic carbocycles. The zero-order valence-corrected chi connectivity index (χ0v) is 18.4. The lowest BCUT2D eigenvalue weighted by molar-refractivity contribution is -0.385. The second kappa shape index (κ2) is 8.78. The van der Waals surface area contributed by atoms with Gasteiger partial charge in [0.1, 0.15) is 10.6 Å². The lowest BCUT2D eigenvalue weighted by atomic mass is 10.2. The molecule has 0 bridgehead atoms. The molecule has 1 aliphatic heterocycles. The molecule has 13 heteroatoms. The van der Waals surface area contributed by atoms with Crippen molar-refractivity contribution in [2.45, 2.75) is 16.7 Å². The molecule has 0 spiro atoms. The number of hydrogen-bond acceptors (Lipinski definition) is 8. The molecule has 0 unspecified atom stereocenters. The van der Waals surface area contributed by atoms with E-state index in [0.29, 0.717) is 5.56 Å².